The molecule has 0 radical (unpaired) electrons. The number of fused-ring (bicyclic) bond motifs is 2. The van der Waals surface area contributed by atoms with Crippen LogP contribution in [0.15, 0.2) is 41.3 Å². The van der Waals surface area contributed by atoms with E-state index in [9.17, 15) is 4.79 Å². The molecule has 0 aliphatic carbocycles. The van der Waals surface area contributed by atoms with E-state index in [0.717, 1.165) is 60.7 Å². The molecule has 27 heavy (non-hydrogen) atoms. The minimum atomic E-state index is 0.0163. The summed E-state index contributed by atoms with van der Waals surface area (Å²) in [5, 5.41) is 1.15. The Labute approximate surface area is 157 Å². The van der Waals surface area contributed by atoms with Gasteiger partial charge in [0, 0.05) is 50.7 Å². The molecule has 1 saturated heterocycles. The predicted molar refractivity (Wildman–Crippen MR) is 106 cm³/mol. The van der Waals surface area contributed by atoms with E-state index in [0.29, 0.717) is 6.54 Å². The van der Waals surface area contributed by atoms with Crippen molar-refractivity contribution in [2.75, 3.05) is 24.5 Å². The lowest BCUT2D eigenvalue weighted by atomic mass is 10.0. The third-order valence-corrected chi connectivity index (χ3v) is 5.65. The van der Waals surface area contributed by atoms with Crippen molar-refractivity contribution in [3.8, 4) is 0 Å². The quantitative estimate of drug-likeness (QED) is 0.776. The van der Waals surface area contributed by atoms with Gasteiger partial charge in [0.1, 0.15) is 0 Å². The van der Waals surface area contributed by atoms with E-state index in [1.807, 2.05) is 12.3 Å². The van der Waals surface area contributed by atoms with Crippen molar-refractivity contribution in [3.63, 3.8) is 0 Å². The Hall–Kier alpha value is -2.73. The monoisotopic (exact) mass is 361 g/mol. The van der Waals surface area contributed by atoms with Gasteiger partial charge < -0.3 is 4.90 Å². The molecule has 0 bridgehead atoms. The first-order valence-electron chi connectivity index (χ1n) is 9.70. The molecular weight excluding hydrogens is 338 g/mol. The molecule has 6 nitrogen and oxygen atoms in total. The topological polar surface area (TPSA) is 65.1 Å². The highest BCUT2D eigenvalue weighted by atomic mass is 16.1. The normalized spacial score (nSPS) is 17.4. The Balaban J connectivity index is 1.40. The van der Waals surface area contributed by atoms with Gasteiger partial charge in [-0.3, -0.25) is 19.7 Å². The zero-order chi connectivity index (χ0) is 18.2. The van der Waals surface area contributed by atoms with E-state index in [1.165, 1.54) is 18.4 Å². The Kier molecular flexibility index (Phi) is 4.13. The van der Waals surface area contributed by atoms with Crippen molar-refractivity contribution in [3.05, 3.63) is 63.7 Å². The first kappa shape index (κ1) is 16.4. The van der Waals surface area contributed by atoms with E-state index in [1.54, 1.807) is 0 Å². The molecule has 3 aromatic rings. The van der Waals surface area contributed by atoms with Crippen LogP contribution in [0.25, 0.3) is 10.9 Å². The number of hydrogen-bond donors (Lipinski definition) is 1. The van der Waals surface area contributed by atoms with Crippen molar-refractivity contribution < 1.29 is 0 Å². The molecule has 138 valence electrons. The molecule has 0 saturated carbocycles. The molecule has 4 heterocycles. The minimum Gasteiger partial charge on any atom is -0.342 e. The second-order valence-corrected chi connectivity index (χ2v) is 7.46. The second-order valence-electron chi connectivity index (χ2n) is 7.46. The van der Waals surface area contributed by atoms with Gasteiger partial charge in [-0.2, -0.15) is 0 Å². The lowest BCUT2D eigenvalue weighted by molar-refractivity contribution is 0.242. The summed E-state index contributed by atoms with van der Waals surface area (Å²) in [5.41, 5.74) is 4.05. The maximum atomic E-state index is 12.7. The lowest BCUT2D eigenvalue weighted by Crippen LogP contribution is -2.36. The first-order valence-corrected chi connectivity index (χ1v) is 9.70. The summed E-state index contributed by atoms with van der Waals surface area (Å²) in [6.07, 6.45) is 5.01. The summed E-state index contributed by atoms with van der Waals surface area (Å²) in [6.45, 7) is 4.32. The van der Waals surface area contributed by atoms with Crippen LogP contribution >= 0.6 is 0 Å². The fourth-order valence-corrected chi connectivity index (χ4v) is 4.22. The molecule has 1 N–H and O–H groups in total. The second kappa shape index (κ2) is 6.78. The summed E-state index contributed by atoms with van der Waals surface area (Å²) in [7, 11) is 0. The van der Waals surface area contributed by atoms with Gasteiger partial charge in [-0.15, -0.1) is 0 Å². The van der Waals surface area contributed by atoms with Crippen LogP contribution in [0, 0.1) is 0 Å². The summed E-state index contributed by atoms with van der Waals surface area (Å²) in [6, 6.07) is 10.3. The standard InChI is InChI=1S/C21H23N5O/c27-20-17-14-25(13-16-6-3-5-15-7-4-9-22-19(15)16)12-8-18(17)23-21(24-20)26-10-1-2-11-26/h3-7,9H,1-2,8,10-14H2,(H,23,24,27). The SMILES string of the molecule is O=c1[nH]c(N2CCCC2)nc2c1CN(Cc1cccc3cccnc13)CC2. The molecule has 0 unspecified atom stereocenters. The summed E-state index contributed by atoms with van der Waals surface area (Å²) in [5.74, 6) is 0.753. The maximum absolute atomic E-state index is 12.7. The Bertz CT molecular complexity index is 1030. The van der Waals surface area contributed by atoms with Crippen molar-refractivity contribution in [1.82, 2.24) is 19.9 Å². The minimum absolute atomic E-state index is 0.0163. The number of benzene rings is 1. The van der Waals surface area contributed by atoms with E-state index in [2.05, 4.69) is 44.0 Å². The molecule has 6 heteroatoms. The number of H-pyrrole nitrogens is 1. The fraction of sp³-hybridized carbons (Fsp3) is 0.381. The van der Waals surface area contributed by atoms with Crippen LogP contribution in [0.1, 0.15) is 29.7 Å². The molecule has 2 aliphatic heterocycles. The third kappa shape index (κ3) is 3.10. The van der Waals surface area contributed by atoms with Gasteiger partial charge in [0.05, 0.1) is 16.8 Å². The number of hydrogen-bond acceptors (Lipinski definition) is 5. The molecule has 2 aromatic heterocycles. The van der Waals surface area contributed by atoms with Gasteiger partial charge in [-0.05, 0) is 24.5 Å². The first-order chi connectivity index (χ1) is 13.3. The number of anilines is 1. The number of para-hydroxylation sites is 1. The molecule has 0 amide bonds. The zero-order valence-electron chi connectivity index (χ0n) is 15.3. The molecule has 5 rings (SSSR count). The number of nitrogens with zero attached hydrogens (tertiary/aromatic N) is 4. The lowest BCUT2D eigenvalue weighted by Gasteiger charge is -2.28. The van der Waals surface area contributed by atoms with Crippen molar-refractivity contribution in [2.24, 2.45) is 0 Å². The van der Waals surface area contributed by atoms with Crippen molar-refractivity contribution in [1.29, 1.82) is 0 Å². The third-order valence-electron chi connectivity index (χ3n) is 5.65. The number of nitrogens with one attached hydrogen (secondary N) is 1. The van der Waals surface area contributed by atoms with E-state index in [-0.39, 0.29) is 5.56 Å². The number of aromatic amines is 1. The van der Waals surface area contributed by atoms with Crippen LogP contribution in [0.2, 0.25) is 0 Å². The average molecular weight is 361 g/mol. The highest BCUT2D eigenvalue weighted by molar-refractivity contribution is 5.81. The molecule has 1 aromatic carbocycles. The zero-order valence-corrected chi connectivity index (χ0v) is 15.3. The van der Waals surface area contributed by atoms with E-state index < -0.39 is 0 Å². The van der Waals surface area contributed by atoms with Gasteiger partial charge in [0.25, 0.3) is 5.56 Å². The summed E-state index contributed by atoms with van der Waals surface area (Å²) in [4.78, 5) is 29.5. The molecule has 1 fully saturated rings. The van der Waals surface area contributed by atoms with Crippen LogP contribution in [0.5, 0.6) is 0 Å². The van der Waals surface area contributed by atoms with E-state index >= 15 is 0 Å². The van der Waals surface area contributed by atoms with Crippen LogP contribution in [-0.2, 0) is 19.5 Å². The van der Waals surface area contributed by atoms with E-state index in [4.69, 9.17) is 4.98 Å². The highest BCUT2D eigenvalue weighted by Gasteiger charge is 2.24. The maximum Gasteiger partial charge on any atom is 0.257 e. The fourth-order valence-electron chi connectivity index (χ4n) is 4.22. The smallest absolute Gasteiger partial charge is 0.257 e. The van der Waals surface area contributed by atoms with Gasteiger partial charge >= 0.3 is 0 Å². The Morgan fingerprint density at radius 2 is 1.93 bits per heavy atom. The van der Waals surface area contributed by atoms with Crippen molar-refractivity contribution >= 4 is 16.9 Å². The average Bonchev–Trinajstić information content (AvgIpc) is 3.23. The largest absolute Gasteiger partial charge is 0.342 e. The number of aromatic nitrogens is 3. The predicted octanol–water partition coefficient (Wildman–Crippen LogP) is 2.48. The molecule has 0 spiro atoms. The van der Waals surface area contributed by atoms with Gasteiger partial charge in [0.2, 0.25) is 5.95 Å². The number of rotatable bonds is 3. The van der Waals surface area contributed by atoms with Gasteiger partial charge in [-0.25, -0.2) is 4.98 Å². The Morgan fingerprint density at radius 1 is 1.07 bits per heavy atom. The Morgan fingerprint density at radius 3 is 2.81 bits per heavy atom. The van der Waals surface area contributed by atoms with Crippen LogP contribution in [-0.4, -0.2) is 39.5 Å². The van der Waals surface area contributed by atoms with Crippen LogP contribution < -0.4 is 10.5 Å². The molecule has 2 aliphatic rings. The van der Waals surface area contributed by atoms with Crippen molar-refractivity contribution in [2.45, 2.75) is 32.4 Å². The highest BCUT2D eigenvalue weighted by Crippen LogP contribution is 2.22. The molecule has 0 atom stereocenters. The van der Waals surface area contributed by atoms with Crippen LogP contribution in [0.4, 0.5) is 5.95 Å². The van der Waals surface area contributed by atoms with Gasteiger partial charge in [-0.1, -0.05) is 24.3 Å². The van der Waals surface area contributed by atoms with Crippen LogP contribution in [0.3, 0.4) is 0 Å². The number of pyridine rings is 1. The molecular formula is C21H23N5O. The summed E-state index contributed by atoms with van der Waals surface area (Å²) >= 11 is 0. The van der Waals surface area contributed by atoms with Gasteiger partial charge in [0.15, 0.2) is 0 Å². The summed E-state index contributed by atoms with van der Waals surface area (Å²) < 4.78 is 0.